The number of hydrogen-bond acceptors (Lipinski definition) is 4. The van der Waals surface area contributed by atoms with Gasteiger partial charge in [0.05, 0.1) is 0 Å². The van der Waals surface area contributed by atoms with Crippen LogP contribution in [0.15, 0.2) is 78.9 Å². The van der Waals surface area contributed by atoms with E-state index in [1.54, 1.807) is 6.92 Å². The number of benzene rings is 3. The molecule has 3 aromatic carbocycles. The number of Topliss-reactive ketones (excluding diaryl/α,β-unsaturated/α-hetero) is 1. The average molecular weight is 485 g/mol. The van der Waals surface area contributed by atoms with Crippen LogP contribution in [0.1, 0.15) is 67.1 Å². The van der Waals surface area contributed by atoms with Crippen LogP contribution in [0, 0.1) is 5.92 Å². The van der Waals surface area contributed by atoms with E-state index < -0.39 is 0 Å². The Bertz CT molecular complexity index is 1170. The molecule has 1 amide bonds. The van der Waals surface area contributed by atoms with Gasteiger partial charge in [-0.3, -0.25) is 14.5 Å². The molecule has 0 bridgehead atoms. The van der Waals surface area contributed by atoms with Crippen molar-refractivity contribution in [3.05, 3.63) is 95.6 Å². The van der Waals surface area contributed by atoms with Gasteiger partial charge in [-0.2, -0.15) is 0 Å². The summed E-state index contributed by atoms with van der Waals surface area (Å²) >= 11 is 0. The quantitative estimate of drug-likeness (QED) is 0.353. The predicted molar refractivity (Wildman–Crippen MR) is 145 cm³/mol. The Hall–Kier alpha value is -3.44. The van der Waals surface area contributed by atoms with Crippen LogP contribution in [-0.2, 0) is 4.79 Å². The molecular weight excluding hydrogens is 448 g/mol. The molecule has 0 aromatic heterocycles. The Morgan fingerprint density at radius 3 is 2.36 bits per heavy atom. The van der Waals surface area contributed by atoms with E-state index >= 15 is 0 Å². The van der Waals surface area contributed by atoms with Crippen LogP contribution >= 0.6 is 0 Å². The Labute approximate surface area is 214 Å². The number of likely N-dealkylation sites (tertiary alicyclic amines) is 1. The molecule has 1 unspecified atom stereocenters. The number of piperidine rings is 1. The number of carbonyl (C=O) groups excluding carboxylic acids is 2. The van der Waals surface area contributed by atoms with E-state index in [9.17, 15) is 9.59 Å². The highest BCUT2D eigenvalue weighted by molar-refractivity contribution is 5.94. The maximum absolute atomic E-state index is 12.1. The number of amides is 1. The molecule has 1 atom stereocenters. The predicted octanol–water partition coefficient (Wildman–Crippen LogP) is 6.48. The summed E-state index contributed by atoms with van der Waals surface area (Å²) in [5.74, 6) is 1.23. The second-order valence-electron chi connectivity index (χ2n) is 9.95. The van der Waals surface area contributed by atoms with Gasteiger partial charge in [0.2, 0.25) is 5.91 Å². The fourth-order valence-corrected chi connectivity index (χ4v) is 4.67. The third-order valence-electron chi connectivity index (χ3n) is 6.85. The number of rotatable bonds is 9. The zero-order valence-corrected chi connectivity index (χ0v) is 21.4. The lowest BCUT2D eigenvalue weighted by Crippen LogP contribution is -2.37. The Kier molecular flexibility index (Phi) is 8.55. The van der Waals surface area contributed by atoms with Crippen LogP contribution in [0.4, 0.5) is 5.69 Å². The Balaban J connectivity index is 1.41. The summed E-state index contributed by atoms with van der Waals surface area (Å²) in [4.78, 5) is 26.4. The van der Waals surface area contributed by atoms with Gasteiger partial charge >= 0.3 is 0 Å². The molecule has 1 aliphatic heterocycles. The van der Waals surface area contributed by atoms with Gasteiger partial charge in [-0.25, -0.2) is 0 Å². The molecule has 0 spiro atoms. The zero-order chi connectivity index (χ0) is 25.5. The highest BCUT2D eigenvalue weighted by atomic mass is 16.5. The molecule has 188 valence electrons. The van der Waals surface area contributed by atoms with Gasteiger partial charge < -0.3 is 10.1 Å². The van der Waals surface area contributed by atoms with E-state index in [1.807, 2.05) is 68.4 Å². The molecule has 5 nitrogen and oxygen atoms in total. The first-order chi connectivity index (χ1) is 17.4. The van der Waals surface area contributed by atoms with Crippen molar-refractivity contribution in [2.75, 3.05) is 25.0 Å². The van der Waals surface area contributed by atoms with Crippen LogP contribution in [0.2, 0.25) is 0 Å². The molecule has 0 saturated carbocycles. The summed E-state index contributed by atoms with van der Waals surface area (Å²) < 4.78 is 6.44. The molecule has 1 heterocycles. The van der Waals surface area contributed by atoms with Crippen molar-refractivity contribution in [2.24, 2.45) is 5.92 Å². The first-order valence-electron chi connectivity index (χ1n) is 12.8. The summed E-state index contributed by atoms with van der Waals surface area (Å²) in [7, 11) is 0. The number of ketones is 1. The smallest absolute Gasteiger partial charge is 0.226 e. The maximum atomic E-state index is 12.1. The van der Waals surface area contributed by atoms with Crippen LogP contribution in [0.25, 0.3) is 0 Å². The number of anilines is 1. The van der Waals surface area contributed by atoms with E-state index in [-0.39, 0.29) is 23.7 Å². The van der Waals surface area contributed by atoms with Gasteiger partial charge in [-0.05, 0) is 74.2 Å². The van der Waals surface area contributed by atoms with Gasteiger partial charge in [-0.15, -0.1) is 0 Å². The number of ether oxygens (including phenoxy) is 1. The minimum Gasteiger partial charge on any atom is -0.484 e. The summed E-state index contributed by atoms with van der Waals surface area (Å²) in [6.07, 6.45) is 1.99. The van der Waals surface area contributed by atoms with Gasteiger partial charge in [0.25, 0.3) is 0 Å². The van der Waals surface area contributed by atoms with Crippen molar-refractivity contribution < 1.29 is 14.3 Å². The first kappa shape index (κ1) is 25.6. The summed E-state index contributed by atoms with van der Waals surface area (Å²) in [5, 5.41) is 3.02. The number of hydrogen-bond donors (Lipinski definition) is 1. The monoisotopic (exact) mass is 484 g/mol. The van der Waals surface area contributed by atoms with Crippen molar-refractivity contribution in [3.63, 3.8) is 0 Å². The van der Waals surface area contributed by atoms with Crippen molar-refractivity contribution in [2.45, 2.75) is 45.6 Å². The molecule has 4 rings (SSSR count). The van der Waals surface area contributed by atoms with E-state index in [1.165, 1.54) is 5.56 Å². The molecule has 5 heteroatoms. The minimum atomic E-state index is -0.125. The normalized spacial score (nSPS) is 15.4. The van der Waals surface area contributed by atoms with Crippen molar-refractivity contribution >= 4 is 17.4 Å². The summed E-state index contributed by atoms with van der Waals surface area (Å²) in [5.41, 5.74) is 3.94. The molecule has 1 saturated heterocycles. The fraction of sp³-hybridized carbons (Fsp3) is 0.355. The average Bonchev–Trinajstić information content (AvgIpc) is 2.89. The van der Waals surface area contributed by atoms with Gasteiger partial charge in [0.15, 0.2) is 5.78 Å². The first-order valence-corrected chi connectivity index (χ1v) is 12.8. The lowest BCUT2D eigenvalue weighted by atomic mass is 9.89. The molecule has 1 N–H and O–H groups in total. The maximum Gasteiger partial charge on any atom is 0.226 e. The van der Waals surface area contributed by atoms with Crippen LogP contribution in [-0.4, -0.2) is 36.2 Å². The standard InChI is InChI=1S/C31H36N2O3/c1-22(2)31(35)32-28-13-7-12-27(19-28)24-15-17-33(18-16-24)21-30(25-9-5-4-6-10-25)36-29-14-8-11-26(20-29)23(3)34/h4-14,19-20,22,24,30H,15-18,21H2,1-3H3,(H,32,35). The highest BCUT2D eigenvalue weighted by Crippen LogP contribution is 2.31. The minimum absolute atomic E-state index is 0.0339. The largest absolute Gasteiger partial charge is 0.484 e. The fourth-order valence-electron chi connectivity index (χ4n) is 4.67. The lowest BCUT2D eigenvalue weighted by Gasteiger charge is -2.34. The summed E-state index contributed by atoms with van der Waals surface area (Å²) in [6, 6.07) is 26.0. The van der Waals surface area contributed by atoms with Crippen LogP contribution < -0.4 is 10.1 Å². The Morgan fingerprint density at radius 2 is 1.67 bits per heavy atom. The van der Waals surface area contributed by atoms with Crippen LogP contribution in [0.5, 0.6) is 5.75 Å². The van der Waals surface area contributed by atoms with E-state index in [0.717, 1.165) is 43.7 Å². The summed E-state index contributed by atoms with van der Waals surface area (Å²) in [6.45, 7) is 8.13. The van der Waals surface area contributed by atoms with Gasteiger partial charge in [0, 0.05) is 23.7 Å². The number of nitrogens with one attached hydrogen (secondary N) is 1. The Morgan fingerprint density at radius 1 is 0.944 bits per heavy atom. The lowest BCUT2D eigenvalue weighted by molar-refractivity contribution is -0.118. The van der Waals surface area contributed by atoms with Crippen molar-refractivity contribution in [1.29, 1.82) is 0 Å². The number of nitrogens with zero attached hydrogens (tertiary/aromatic N) is 1. The molecule has 1 aliphatic rings. The second kappa shape index (κ2) is 12.0. The third kappa shape index (κ3) is 6.82. The zero-order valence-electron chi connectivity index (χ0n) is 21.4. The molecule has 0 aliphatic carbocycles. The topological polar surface area (TPSA) is 58.6 Å². The molecule has 0 radical (unpaired) electrons. The molecule has 3 aromatic rings. The van der Waals surface area contributed by atoms with E-state index in [0.29, 0.717) is 17.2 Å². The van der Waals surface area contributed by atoms with Crippen molar-refractivity contribution in [1.82, 2.24) is 4.90 Å². The molecular formula is C31H36N2O3. The number of carbonyl (C=O) groups is 2. The van der Waals surface area contributed by atoms with Gasteiger partial charge in [-0.1, -0.05) is 68.4 Å². The highest BCUT2D eigenvalue weighted by Gasteiger charge is 2.25. The SMILES string of the molecule is CC(=O)c1cccc(OC(CN2CCC(c3cccc(NC(=O)C(C)C)c3)CC2)c2ccccc2)c1. The third-order valence-corrected chi connectivity index (χ3v) is 6.85. The molecule has 1 fully saturated rings. The van der Waals surface area contributed by atoms with Crippen molar-refractivity contribution in [3.8, 4) is 5.75 Å². The van der Waals surface area contributed by atoms with Crippen LogP contribution in [0.3, 0.4) is 0 Å². The molecule has 36 heavy (non-hydrogen) atoms. The van der Waals surface area contributed by atoms with E-state index in [2.05, 4.69) is 34.5 Å². The van der Waals surface area contributed by atoms with Gasteiger partial charge in [0.1, 0.15) is 11.9 Å². The van der Waals surface area contributed by atoms with E-state index in [4.69, 9.17) is 4.74 Å². The second-order valence-corrected chi connectivity index (χ2v) is 9.95.